The summed E-state index contributed by atoms with van der Waals surface area (Å²) in [5.74, 6) is 0.608. The van der Waals surface area contributed by atoms with Crippen molar-refractivity contribution in [2.75, 3.05) is 25.0 Å². The molecule has 2 heterocycles. The number of piperidine rings is 1. The smallest absolute Gasteiger partial charge is 0.293 e. The number of aromatic nitrogens is 2. The molecule has 0 bridgehead atoms. The van der Waals surface area contributed by atoms with E-state index in [2.05, 4.69) is 15.2 Å². The van der Waals surface area contributed by atoms with Gasteiger partial charge >= 0.3 is 0 Å². The van der Waals surface area contributed by atoms with E-state index in [-0.39, 0.29) is 11.6 Å². The average Bonchev–Trinajstić information content (AvgIpc) is 2.40. The molecule has 1 aliphatic heterocycles. The first-order valence-electron chi connectivity index (χ1n) is 7.13. The Morgan fingerprint density at radius 3 is 2.95 bits per heavy atom. The van der Waals surface area contributed by atoms with Crippen molar-refractivity contribution in [3.63, 3.8) is 0 Å². The zero-order chi connectivity index (χ0) is 13.8. The number of rotatable bonds is 4. The van der Waals surface area contributed by atoms with Crippen LogP contribution < -0.4 is 15.8 Å². The Morgan fingerprint density at radius 2 is 2.26 bits per heavy atom. The van der Waals surface area contributed by atoms with Gasteiger partial charge in [-0.15, -0.1) is 0 Å². The van der Waals surface area contributed by atoms with Gasteiger partial charge in [0.05, 0.1) is 0 Å². The molecule has 0 aromatic carbocycles. The molecule has 1 N–H and O–H groups in total. The molecule has 1 fully saturated rings. The Bertz CT molecular complexity index is 467. The Hall–Kier alpha value is -1.36. The van der Waals surface area contributed by atoms with Gasteiger partial charge in [0, 0.05) is 37.6 Å². The number of likely N-dealkylation sites (N-methyl/N-ethyl adjacent to an activating group) is 1. The number of hydrogen-bond donors (Lipinski definition) is 1. The van der Waals surface area contributed by atoms with Crippen LogP contribution in [0, 0.1) is 0 Å². The van der Waals surface area contributed by atoms with Gasteiger partial charge in [-0.3, -0.25) is 4.79 Å². The van der Waals surface area contributed by atoms with Gasteiger partial charge in [0.15, 0.2) is 5.82 Å². The van der Waals surface area contributed by atoms with Crippen LogP contribution in [0.2, 0.25) is 0 Å². The summed E-state index contributed by atoms with van der Waals surface area (Å²) in [6.45, 7) is 5.87. The van der Waals surface area contributed by atoms with Gasteiger partial charge in [-0.05, 0) is 40.2 Å². The average molecular weight is 264 g/mol. The summed E-state index contributed by atoms with van der Waals surface area (Å²) >= 11 is 0. The summed E-state index contributed by atoms with van der Waals surface area (Å²) in [4.78, 5) is 19.0. The molecule has 5 heteroatoms. The molecule has 1 atom stereocenters. The molecular weight excluding hydrogens is 240 g/mol. The fourth-order valence-electron chi connectivity index (χ4n) is 2.75. The summed E-state index contributed by atoms with van der Waals surface area (Å²) < 4.78 is 1.76. The number of nitrogens with one attached hydrogen (secondary N) is 1. The molecule has 1 saturated heterocycles. The second kappa shape index (κ2) is 6.19. The van der Waals surface area contributed by atoms with Crippen LogP contribution in [-0.2, 0) is 0 Å². The van der Waals surface area contributed by atoms with Gasteiger partial charge in [0.1, 0.15) is 0 Å². The van der Waals surface area contributed by atoms with Crippen molar-refractivity contribution in [3.05, 3.63) is 22.7 Å². The summed E-state index contributed by atoms with van der Waals surface area (Å²) in [5.41, 5.74) is 0.0282. The minimum atomic E-state index is 0.0282. The van der Waals surface area contributed by atoms with Gasteiger partial charge in [0.25, 0.3) is 5.56 Å². The standard InChI is InChI=1S/C14H24N4O/c1-11(2)17-9-7-16-13(14(17)19)18-8-5-4-6-12(18)10-15-3/h7,9,11-12,15H,4-6,8,10H2,1-3H3. The number of anilines is 1. The first kappa shape index (κ1) is 14.1. The largest absolute Gasteiger partial charge is 0.348 e. The van der Waals surface area contributed by atoms with Gasteiger partial charge in [0.2, 0.25) is 0 Å². The molecule has 2 rings (SSSR count). The van der Waals surface area contributed by atoms with Gasteiger partial charge < -0.3 is 14.8 Å². The SMILES string of the molecule is CNCC1CCCCN1c1nccn(C(C)C)c1=O. The molecule has 1 aromatic heterocycles. The molecule has 19 heavy (non-hydrogen) atoms. The maximum atomic E-state index is 12.5. The van der Waals surface area contributed by atoms with Crippen molar-refractivity contribution in [2.24, 2.45) is 0 Å². The minimum absolute atomic E-state index is 0.0282. The van der Waals surface area contributed by atoms with E-state index < -0.39 is 0 Å². The lowest BCUT2D eigenvalue weighted by Gasteiger charge is -2.36. The molecule has 0 spiro atoms. The van der Waals surface area contributed by atoms with Crippen molar-refractivity contribution >= 4 is 5.82 Å². The molecule has 106 valence electrons. The minimum Gasteiger partial charge on any atom is -0.348 e. The van der Waals surface area contributed by atoms with E-state index in [1.54, 1.807) is 17.0 Å². The van der Waals surface area contributed by atoms with Crippen molar-refractivity contribution in [1.82, 2.24) is 14.9 Å². The molecule has 0 aliphatic carbocycles. The molecule has 5 nitrogen and oxygen atoms in total. The van der Waals surface area contributed by atoms with Crippen LogP contribution in [0.4, 0.5) is 5.82 Å². The van der Waals surface area contributed by atoms with Gasteiger partial charge in [-0.1, -0.05) is 0 Å². The lowest BCUT2D eigenvalue weighted by Crippen LogP contribution is -2.48. The molecule has 0 saturated carbocycles. The molecule has 1 aliphatic rings. The highest BCUT2D eigenvalue weighted by molar-refractivity contribution is 5.38. The van der Waals surface area contributed by atoms with Crippen LogP contribution in [-0.4, -0.2) is 35.7 Å². The maximum absolute atomic E-state index is 12.5. The normalized spacial score (nSPS) is 20.0. The quantitative estimate of drug-likeness (QED) is 0.893. The van der Waals surface area contributed by atoms with Crippen molar-refractivity contribution in [3.8, 4) is 0 Å². The lowest BCUT2D eigenvalue weighted by atomic mass is 10.0. The molecule has 0 amide bonds. The monoisotopic (exact) mass is 264 g/mol. The van der Waals surface area contributed by atoms with E-state index in [0.717, 1.165) is 25.9 Å². The van der Waals surface area contributed by atoms with Crippen LogP contribution in [0.5, 0.6) is 0 Å². The predicted octanol–water partition coefficient (Wildman–Crippen LogP) is 1.40. The van der Waals surface area contributed by atoms with Crippen molar-refractivity contribution < 1.29 is 0 Å². The fraction of sp³-hybridized carbons (Fsp3) is 0.714. The second-order valence-electron chi connectivity index (χ2n) is 5.46. The maximum Gasteiger partial charge on any atom is 0.293 e. The topological polar surface area (TPSA) is 50.2 Å². The predicted molar refractivity (Wildman–Crippen MR) is 77.8 cm³/mol. The van der Waals surface area contributed by atoms with E-state index in [4.69, 9.17) is 0 Å². The van der Waals surface area contributed by atoms with Crippen LogP contribution in [0.15, 0.2) is 17.2 Å². The fourth-order valence-corrected chi connectivity index (χ4v) is 2.75. The van der Waals surface area contributed by atoms with Crippen LogP contribution >= 0.6 is 0 Å². The van der Waals surface area contributed by atoms with Gasteiger partial charge in [-0.25, -0.2) is 4.98 Å². The van der Waals surface area contributed by atoms with Crippen LogP contribution in [0.3, 0.4) is 0 Å². The molecule has 0 radical (unpaired) electrons. The molecule has 1 aromatic rings. The Morgan fingerprint density at radius 1 is 1.47 bits per heavy atom. The van der Waals surface area contributed by atoms with E-state index in [1.807, 2.05) is 20.9 Å². The summed E-state index contributed by atoms with van der Waals surface area (Å²) in [7, 11) is 1.96. The Kier molecular flexibility index (Phi) is 4.58. The van der Waals surface area contributed by atoms with E-state index in [9.17, 15) is 4.79 Å². The number of hydrogen-bond acceptors (Lipinski definition) is 4. The van der Waals surface area contributed by atoms with E-state index in [0.29, 0.717) is 11.9 Å². The zero-order valence-electron chi connectivity index (χ0n) is 12.1. The summed E-state index contributed by atoms with van der Waals surface area (Å²) in [6.07, 6.45) is 7.00. The van der Waals surface area contributed by atoms with E-state index in [1.165, 1.54) is 6.42 Å². The van der Waals surface area contributed by atoms with Crippen molar-refractivity contribution in [1.29, 1.82) is 0 Å². The highest BCUT2D eigenvalue weighted by Crippen LogP contribution is 2.20. The first-order chi connectivity index (χ1) is 9.15. The summed E-state index contributed by atoms with van der Waals surface area (Å²) in [5, 5.41) is 3.22. The van der Waals surface area contributed by atoms with Gasteiger partial charge in [-0.2, -0.15) is 0 Å². The third kappa shape index (κ3) is 2.97. The summed E-state index contributed by atoms with van der Waals surface area (Å²) in [6, 6.07) is 0.545. The molecular formula is C14H24N4O. The van der Waals surface area contributed by atoms with E-state index >= 15 is 0 Å². The van der Waals surface area contributed by atoms with Crippen LogP contribution in [0.25, 0.3) is 0 Å². The molecule has 1 unspecified atom stereocenters. The van der Waals surface area contributed by atoms with Crippen LogP contribution in [0.1, 0.15) is 39.2 Å². The zero-order valence-corrected chi connectivity index (χ0v) is 12.1. The first-order valence-corrected chi connectivity index (χ1v) is 7.13. The third-order valence-corrected chi connectivity index (χ3v) is 3.75. The Balaban J connectivity index is 2.34. The highest BCUT2D eigenvalue weighted by atomic mass is 16.1. The highest BCUT2D eigenvalue weighted by Gasteiger charge is 2.25. The lowest BCUT2D eigenvalue weighted by molar-refractivity contribution is 0.439. The second-order valence-corrected chi connectivity index (χ2v) is 5.46. The Labute approximate surface area is 114 Å². The number of nitrogens with zero attached hydrogens (tertiary/aromatic N) is 3. The third-order valence-electron chi connectivity index (χ3n) is 3.75. The van der Waals surface area contributed by atoms with Crippen molar-refractivity contribution in [2.45, 2.75) is 45.2 Å².